The van der Waals surface area contributed by atoms with Crippen molar-refractivity contribution in [1.82, 2.24) is 15.0 Å². The molecule has 3 rings (SSSR count). The van der Waals surface area contributed by atoms with Gasteiger partial charge in [0.15, 0.2) is 5.65 Å². The van der Waals surface area contributed by atoms with Gasteiger partial charge in [-0.15, -0.1) is 0 Å². The first kappa shape index (κ1) is 10.8. The number of nitrogens with zero attached hydrogens (tertiary/aromatic N) is 2. The van der Waals surface area contributed by atoms with Gasteiger partial charge in [-0.05, 0) is 29.8 Å². The van der Waals surface area contributed by atoms with Crippen LogP contribution >= 0.6 is 0 Å². The fraction of sp³-hybridized carbons (Fsp3) is 0.143. The van der Waals surface area contributed by atoms with E-state index in [1.54, 1.807) is 13.3 Å². The molecule has 2 heterocycles. The molecule has 4 nitrogen and oxygen atoms in total. The zero-order chi connectivity index (χ0) is 12.4. The minimum absolute atomic E-state index is 0.764. The maximum atomic E-state index is 5.13. The van der Waals surface area contributed by atoms with E-state index in [9.17, 15) is 0 Å². The van der Waals surface area contributed by atoms with Crippen molar-refractivity contribution in [2.75, 3.05) is 7.11 Å². The lowest BCUT2D eigenvalue weighted by molar-refractivity contribution is 0.414. The minimum Gasteiger partial charge on any atom is -0.497 e. The number of imidazole rings is 1. The van der Waals surface area contributed by atoms with Gasteiger partial charge >= 0.3 is 0 Å². The Bertz CT molecular complexity index is 625. The number of rotatable bonds is 3. The highest BCUT2D eigenvalue weighted by molar-refractivity contribution is 5.69. The third-order valence-corrected chi connectivity index (χ3v) is 2.84. The standard InChI is InChI=1S/C14H13N3O/c1-18-11-6-4-10(5-7-11)9-13-16-12-3-2-8-15-14(12)17-13/h2-8H,9H2,1H3,(H,15,16,17). The number of nitrogens with one attached hydrogen (secondary N) is 1. The van der Waals surface area contributed by atoms with Crippen LogP contribution in [0, 0.1) is 0 Å². The molecule has 0 atom stereocenters. The van der Waals surface area contributed by atoms with Crippen molar-refractivity contribution in [2.45, 2.75) is 6.42 Å². The van der Waals surface area contributed by atoms with Crippen LogP contribution in [-0.4, -0.2) is 22.1 Å². The molecule has 0 unspecified atom stereocenters. The summed E-state index contributed by atoms with van der Waals surface area (Å²) in [6.07, 6.45) is 2.51. The lowest BCUT2D eigenvalue weighted by Crippen LogP contribution is -1.91. The summed E-state index contributed by atoms with van der Waals surface area (Å²) < 4.78 is 5.13. The number of hydrogen-bond donors (Lipinski definition) is 1. The molecule has 1 N–H and O–H groups in total. The second-order valence-corrected chi connectivity index (χ2v) is 4.08. The Hall–Kier alpha value is -2.36. The lowest BCUT2D eigenvalue weighted by atomic mass is 10.1. The summed E-state index contributed by atoms with van der Waals surface area (Å²) in [5.41, 5.74) is 2.93. The topological polar surface area (TPSA) is 50.8 Å². The monoisotopic (exact) mass is 239 g/mol. The highest BCUT2D eigenvalue weighted by atomic mass is 16.5. The minimum atomic E-state index is 0.764. The van der Waals surface area contributed by atoms with Crippen molar-refractivity contribution in [3.05, 3.63) is 54.0 Å². The van der Waals surface area contributed by atoms with Crippen molar-refractivity contribution in [3.8, 4) is 5.75 Å². The van der Waals surface area contributed by atoms with Crippen molar-refractivity contribution in [2.24, 2.45) is 0 Å². The van der Waals surface area contributed by atoms with Gasteiger partial charge in [0.05, 0.1) is 12.6 Å². The molecule has 18 heavy (non-hydrogen) atoms. The van der Waals surface area contributed by atoms with Crippen LogP contribution in [-0.2, 0) is 6.42 Å². The first-order chi connectivity index (χ1) is 8.85. The van der Waals surface area contributed by atoms with E-state index in [1.165, 1.54) is 5.56 Å². The number of methoxy groups -OCH3 is 1. The van der Waals surface area contributed by atoms with Crippen LogP contribution in [0.25, 0.3) is 11.2 Å². The Kier molecular flexibility index (Phi) is 2.68. The van der Waals surface area contributed by atoms with Crippen LogP contribution < -0.4 is 4.74 Å². The number of ether oxygens (including phenoxy) is 1. The second kappa shape index (κ2) is 4.49. The fourth-order valence-electron chi connectivity index (χ4n) is 1.92. The van der Waals surface area contributed by atoms with Gasteiger partial charge in [0.2, 0.25) is 0 Å². The summed E-state index contributed by atoms with van der Waals surface area (Å²) in [5, 5.41) is 0. The average molecular weight is 239 g/mol. The van der Waals surface area contributed by atoms with Gasteiger partial charge < -0.3 is 9.72 Å². The highest BCUT2D eigenvalue weighted by Gasteiger charge is 2.04. The van der Waals surface area contributed by atoms with Gasteiger partial charge in [-0.2, -0.15) is 0 Å². The predicted octanol–water partition coefficient (Wildman–Crippen LogP) is 2.56. The van der Waals surface area contributed by atoms with Crippen molar-refractivity contribution in [3.63, 3.8) is 0 Å². The second-order valence-electron chi connectivity index (χ2n) is 4.08. The van der Waals surface area contributed by atoms with Crippen LogP contribution in [0.3, 0.4) is 0 Å². The van der Waals surface area contributed by atoms with Gasteiger partial charge in [-0.1, -0.05) is 12.1 Å². The number of hydrogen-bond acceptors (Lipinski definition) is 3. The normalized spacial score (nSPS) is 10.7. The van der Waals surface area contributed by atoms with Gasteiger partial charge in [-0.3, -0.25) is 0 Å². The maximum Gasteiger partial charge on any atom is 0.177 e. The Labute approximate surface area is 105 Å². The third kappa shape index (κ3) is 2.05. The lowest BCUT2D eigenvalue weighted by Gasteiger charge is -2.01. The highest BCUT2D eigenvalue weighted by Crippen LogP contribution is 2.15. The van der Waals surface area contributed by atoms with Gasteiger partial charge in [0.1, 0.15) is 11.6 Å². The summed E-state index contributed by atoms with van der Waals surface area (Å²) in [6.45, 7) is 0. The molecular weight excluding hydrogens is 226 g/mol. The number of pyridine rings is 1. The molecule has 0 spiro atoms. The van der Waals surface area contributed by atoms with E-state index in [4.69, 9.17) is 4.74 Å². The third-order valence-electron chi connectivity index (χ3n) is 2.84. The van der Waals surface area contributed by atoms with Crippen LogP contribution in [0.2, 0.25) is 0 Å². The van der Waals surface area contributed by atoms with E-state index >= 15 is 0 Å². The number of H-pyrrole nitrogens is 1. The van der Waals surface area contributed by atoms with Crippen LogP contribution in [0.1, 0.15) is 11.4 Å². The van der Waals surface area contributed by atoms with E-state index in [0.717, 1.165) is 29.2 Å². The largest absolute Gasteiger partial charge is 0.497 e. The molecular formula is C14H13N3O. The van der Waals surface area contributed by atoms with E-state index in [-0.39, 0.29) is 0 Å². The quantitative estimate of drug-likeness (QED) is 0.764. The first-order valence-corrected chi connectivity index (χ1v) is 5.78. The summed E-state index contributed by atoms with van der Waals surface area (Å²) in [6, 6.07) is 11.9. The number of aromatic nitrogens is 3. The smallest absolute Gasteiger partial charge is 0.177 e. The summed E-state index contributed by atoms with van der Waals surface area (Å²) in [4.78, 5) is 11.9. The van der Waals surface area contributed by atoms with Crippen LogP contribution in [0.15, 0.2) is 42.6 Å². The molecule has 0 aliphatic rings. The zero-order valence-corrected chi connectivity index (χ0v) is 10.1. The molecule has 0 fully saturated rings. The molecule has 1 aromatic carbocycles. The first-order valence-electron chi connectivity index (χ1n) is 5.78. The maximum absolute atomic E-state index is 5.13. The van der Waals surface area contributed by atoms with Crippen LogP contribution in [0.5, 0.6) is 5.75 Å². The number of fused-ring (bicyclic) bond motifs is 1. The van der Waals surface area contributed by atoms with E-state index < -0.39 is 0 Å². The molecule has 0 saturated carbocycles. The van der Waals surface area contributed by atoms with Crippen LogP contribution in [0.4, 0.5) is 0 Å². The molecule has 0 radical (unpaired) electrons. The number of benzene rings is 1. The predicted molar refractivity (Wildman–Crippen MR) is 69.7 cm³/mol. The number of aromatic amines is 1. The molecule has 0 amide bonds. The molecule has 0 saturated heterocycles. The Morgan fingerprint density at radius 3 is 2.72 bits per heavy atom. The van der Waals surface area contributed by atoms with Crippen molar-refractivity contribution < 1.29 is 4.74 Å². The average Bonchev–Trinajstić information content (AvgIpc) is 2.82. The van der Waals surface area contributed by atoms with E-state index in [0.29, 0.717) is 0 Å². The van der Waals surface area contributed by atoms with Gasteiger partial charge in [-0.25, -0.2) is 9.97 Å². The zero-order valence-electron chi connectivity index (χ0n) is 10.1. The summed E-state index contributed by atoms with van der Waals surface area (Å²) in [7, 11) is 1.67. The van der Waals surface area contributed by atoms with Gasteiger partial charge in [0.25, 0.3) is 0 Å². The molecule has 0 aliphatic carbocycles. The molecule has 0 aliphatic heterocycles. The SMILES string of the molecule is COc1ccc(Cc2nc3ncccc3[nH]2)cc1. The van der Waals surface area contributed by atoms with E-state index in [1.807, 2.05) is 36.4 Å². The fourth-order valence-corrected chi connectivity index (χ4v) is 1.92. The van der Waals surface area contributed by atoms with Crippen molar-refractivity contribution >= 4 is 11.2 Å². The molecule has 2 aromatic heterocycles. The summed E-state index contributed by atoms with van der Waals surface area (Å²) in [5.74, 6) is 1.79. The molecule has 4 heteroatoms. The summed E-state index contributed by atoms with van der Waals surface area (Å²) >= 11 is 0. The van der Waals surface area contributed by atoms with Gasteiger partial charge in [0, 0.05) is 12.6 Å². The molecule has 0 bridgehead atoms. The molecule has 90 valence electrons. The molecule has 3 aromatic rings. The Morgan fingerprint density at radius 2 is 2.00 bits per heavy atom. The Morgan fingerprint density at radius 1 is 1.17 bits per heavy atom. The van der Waals surface area contributed by atoms with Crippen molar-refractivity contribution in [1.29, 1.82) is 0 Å². The van der Waals surface area contributed by atoms with E-state index in [2.05, 4.69) is 15.0 Å². The Balaban J connectivity index is 1.86.